The Morgan fingerprint density at radius 1 is 1.02 bits per heavy atom. The van der Waals surface area contributed by atoms with Gasteiger partial charge < -0.3 is 15.1 Å². The molecule has 0 bridgehead atoms. The maximum absolute atomic E-state index is 14.1. The molecule has 1 saturated heterocycles. The predicted molar refractivity (Wildman–Crippen MR) is 161 cm³/mol. The number of fused-ring (bicyclic) bond motifs is 1. The summed E-state index contributed by atoms with van der Waals surface area (Å²) in [6.07, 6.45) is 2.09. The van der Waals surface area contributed by atoms with Gasteiger partial charge in [-0.1, -0.05) is 30.5 Å². The molecular formula is C30H25F5N4OS2. The first-order valence-electron chi connectivity index (χ1n) is 13.1. The van der Waals surface area contributed by atoms with E-state index < -0.39 is 17.7 Å². The third kappa shape index (κ3) is 6.99. The van der Waals surface area contributed by atoms with Crippen LogP contribution in [-0.4, -0.2) is 43.7 Å². The number of rotatable bonds is 7. The first-order valence-corrected chi connectivity index (χ1v) is 13.9. The van der Waals surface area contributed by atoms with E-state index in [2.05, 4.69) is 9.97 Å². The van der Waals surface area contributed by atoms with Crippen molar-refractivity contribution >= 4 is 57.2 Å². The van der Waals surface area contributed by atoms with Crippen LogP contribution < -0.4 is 5.73 Å². The fourth-order valence-corrected chi connectivity index (χ4v) is 5.11. The van der Waals surface area contributed by atoms with Gasteiger partial charge in [-0.3, -0.25) is 4.98 Å². The quantitative estimate of drug-likeness (QED) is 0.129. The number of hydrogen-bond acceptors (Lipinski definition) is 6. The summed E-state index contributed by atoms with van der Waals surface area (Å²) in [6.45, 7) is 0.256. The fraction of sp³-hybridized carbons (Fsp3) is 0.267. The Labute approximate surface area is 249 Å². The molecule has 3 aromatic heterocycles. The Kier molecular flexibility index (Phi) is 8.38. The number of nitrogens with two attached hydrogens (primary N) is 1. The van der Waals surface area contributed by atoms with Crippen molar-refractivity contribution in [3.05, 3.63) is 83.4 Å². The van der Waals surface area contributed by atoms with Crippen LogP contribution in [-0.2, 0) is 12.6 Å². The van der Waals surface area contributed by atoms with Gasteiger partial charge >= 0.3 is 6.18 Å². The Morgan fingerprint density at radius 3 is 2.43 bits per heavy atom. The number of hydrogen-bond donors (Lipinski definition) is 1. The van der Waals surface area contributed by atoms with Gasteiger partial charge in [-0.25, -0.2) is 13.8 Å². The van der Waals surface area contributed by atoms with Gasteiger partial charge in [-0.15, -0.1) is 0 Å². The number of furan rings is 1. The molecule has 5 rings (SSSR count). The monoisotopic (exact) mass is 616 g/mol. The van der Waals surface area contributed by atoms with E-state index in [9.17, 15) is 22.0 Å². The van der Waals surface area contributed by atoms with Gasteiger partial charge in [0.15, 0.2) is 0 Å². The molecule has 0 aliphatic carbocycles. The first kappa shape index (κ1) is 29.7. The molecule has 4 aromatic rings. The maximum atomic E-state index is 14.1. The van der Waals surface area contributed by atoms with E-state index in [-0.39, 0.29) is 37.1 Å². The lowest BCUT2D eigenvalue weighted by Gasteiger charge is -2.33. The highest BCUT2D eigenvalue weighted by Crippen LogP contribution is 2.39. The van der Waals surface area contributed by atoms with Crippen LogP contribution in [0.1, 0.15) is 41.7 Å². The highest BCUT2D eigenvalue weighted by molar-refractivity contribution is 7.81. The van der Waals surface area contributed by atoms with Gasteiger partial charge in [-0.05, 0) is 60.5 Å². The number of anilines is 1. The molecule has 1 aromatic carbocycles. The molecule has 0 radical (unpaired) electrons. The van der Waals surface area contributed by atoms with Crippen LogP contribution >= 0.6 is 24.4 Å². The number of thiocarbonyl (C=S) groups is 2. The summed E-state index contributed by atoms with van der Waals surface area (Å²) in [7, 11) is 0. The second kappa shape index (κ2) is 11.8. The van der Waals surface area contributed by atoms with Crippen LogP contribution in [0.25, 0.3) is 28.3 Å². The number of benzene rings is 1. The number of allylic oxidation sites excluding steroid dienone is 1. The van der Waals surface area contributed by atoms with Crippen LogP contribution in [0.4, 0.5) is 27.8 Å². The number of nitrogens with zero attached hydrogens (tertiary/aromatic N) is 3. The average Bonchev–Trinajstić information content (AvgIpc) is 3.37. The molecule has 5 nitrogen and oxygen atoms in total. The summed E-state index contributed by atoms with van der Waals surface area (Å²) in [5, 5.41) is 0.292. The SMILES string of the molecule is Nc1ccc(/C=C/C(=S)CCc2cc3cc(-c4ccc(C(=S)N5CCC(F)(F)CC5)cn4)cc(C(F)(F)F)c3o2)cn1. The van der Waals surface area contributed by atoms with Gasteiger partial charge in [0.25, 0.3) is 5.92 Å². The topological polar surface area (TPSA) is 68.2 Å². The molecule has 218 valence electrons. The molecule has 1 fully saturated rings. The molecule has 0 amide bonds. The van der Waals surface area contributed by atoms with Crippen LogP contribution in [0.5, 0.6) is 0 Å². The zero-order valence-corrected chi connectivity index (χ0v) is 23.8. The first-order chi connectivity index (χ1) is 19.9. The molecule has 0 atom stereocenters. The van der Waals surface area contributed by atoms with Crippen LogP contribution in [0, 0.1) is 0 Å². The van der Waals surface area contributed by atoms with Crippen molar-refractivity contribution in [2.75, 3.05) is 18.8 Å². The van der Waals surface area contributed by atoms with Crippen molar-refractivity contribution < 1.29 is 26.4 Å². The number of halogens is 5. The van der Waals surface area contributed by atoms with E-state index in [0.29, 0.717) is 50.9 Å². The molecule has 12 heteroatoms. The number of aryl methyl sites for hydroxylation is 1. The highest BCUT2D eigenvalue weighted by Gasteiger charge is 2.36. The molecule has 4 heterocycles. The normalized spacial score (nSPS) is 15.4. The summed E-state index contributed by atoms with van der Waals surface area (Å²) < 4.78 is 74.8. The number of alkyl halides is 5. The van der Waals surface area contributed by atoms with Gasteiger partial charge in [0, 0.05) is 66.1 Å². The Balaban J connectivity index is 1.33. The van der Waals surface area contributed by atoms with Crippen molar-refractivity contribution in [1.82, 2.24) is 14.9 Å². The smallest absolute Gasteiger partial charge is 0.420 e. The van der Waals surface area contributed by atoms with Crippen molar-refractivity contribution in [3.63, 3.8) is 0 Å². The van der Waals surface area contributed by atoms with Crippen LogP contribution in [0.15, 0.2) is 65.4 Å². The second-order valence-electron chi connectivity index (χ2n) is 10.0. The maximum Gasteiger partial charge on any atom is 0.420 e. The molecule has 2 N–H and O–H groups in total. The standard InChI is InChI=1S/C30H25F5N4OS2/c31-29(32)9-11-39(12-10-29)28(42)19-3-7-25(37-17-19)20-13-21-14-22(40-27(21)24(15-20)30(33,34)35)4-6-23(41)5-1-18-2-8-26(36)38-16-18/h1-3,5,7-8,13-17H,4,6,9-12H2,(H2,36,38)/b5-1+. The molecular weight excluding hydrogens is 591 g/mol. The average molecular weight is 617 g/mol. The Hall–Kier alpha value is -3.77. The third-order valence-electron chi connectivity index (χ3n) is 6.95. The Morgan fingerprint density at radius 2 is 1.79 bits per heavy atom. The molecule has 0 saturated carbocycles. The van der Waals surface area contributed by atoms with Crippen molar-refractivity contribution in [2.45, 2.75) is 37.8 Å². The van der Waals surface area contributed by atoms with E-state index in [1.165, 1.54) is 6.20 Å². The number of piperidine rings is 1. The van der Waals surface area contributed by atoms with Gasteiger partial charge in [0.05, 0.1) is 11.3 Å². The minimum Gasteiger partial charge on any atom is -0.460 e. The van der Waals surface area contributed by atoms with E-state index in [1.54, 1.807) is 59.6 Å². The van der Waals surface area contributed by atoms with E-state index in [0.717, 1.165) is 11.6 Å². The van der Waals surface area contributed by atoms with Crippen LogP contribution in [0.2, 0.25) is 0 Å². The lowest BCUT2D eigenvalue weighted by Crippen LogP contribution is -2.42. The third-order valence-corrected chi connectivity index (χ3v) is 7.78. The summed E-state index contributed by atoms with van der Waals surface area (Å²) in [5.74, 6) is -1.92. The Bertz CT molecular complexity index is 1640. The summed E-state index contributed by atoms with van der Waals surface area (Å²) in [6, 6.07) is 10.9. The zero-order chi connectivity index (χ0) is 30.1. The molecule has 1 aliphatic heterocycles. The number of likely N-dealkylation sites (tertiary alicyclic amines) is 1. The second-order valence-corrected chi connectivity index (χ2v) is 11.0. The van der Waals surface area contributed by atoms with Crippen molar-refractivity contribution in [3.8, 4) is 11.3 Å². The lowest BCUT2D eigenvalue weighted by atomic mass is 10.0. The van der Waals surface area contributed by atoms with Gasteiger partial charge in [-0.2, -0.15) is 13.2 Å². The van der Waals surface area contributed by atoms with Crippen molar-refractivity contribution in [2.24, 2.45) is 0 Å². The molecule has 42 heavy (non-hydrogen) atoms. The largest absolute Gasteiger partial charge is 0.460 e. The van der Waals surface area contributed by atoms with E-state index in [1.807, 2.05) is 0 Å². The van der Waals surface area contributed by atoms with E-state index >= 15 is 0 Å². The summed E-state index contributed by atoms with van der Waals surface area (Å²) >= 11 is 10.9. The molecule has 0 spiro atoms. The molecule has 1 aliphatic rings. The minimum absolute atomic E-state index is 0.128. The molecule has 0 unspecified atom stereocenters. The van der Waals surface area contributed by atoms with Crippen molar-refractivity contribution in [1.29, 1.82) is 0 Å². The predicted octanol–water partition coefficient (Wildman–Crippen LogP) is 7.91. The summed E-state index contributed by atoms with van der Waals surface area (Å²) in [4.78, 5) is 11.0. The number of nitrogen functional groups attached to an aromatic ring is 1. The van der Waals surface area contributed by atoms with Crippen LogP contribution in [0.3, 0.4) is 0 Å². The number of aromatic nitrogens is 2. The fourth-order valence-electron chi connectivity index (χ4n) is 4.63. The summed E-state index contributed by atoms with van der Waals surface area (Å²) in [5.41, 5.74) is 6.35. The van der Waals surface area contributed by atoms with E-state index in [4.69, 9.17) is 34.6 Å². The lowest BCUT2D eigenvalue weighted by molar-refractivity contribution is -0.136. The zero-order valence-electron chi connectivity index (χ0n) is 22.1. The van der Waals surface area contributed by atoms with Gasteiger partial charge in [0.2, 0.25) is 0 Å². The van der Waals surface area contributed by atoms with Gasteiger partial charge in [0.1, 0.15) is 22.1 Å². The highest BCUT2D eigenvalue weighted by atomic mass is 32.1. The number of pyridine rings is 2. The minimum atomic E-state index is -4.66.